The monoisotopic (exact) mass is 368 g/mol. The highest BCUT2D eigenvalue weighted by molar-refractivity contribution is 6.33. The van der Waals surface area contributed by atoms with Crippen molar-refractivity contribution >= 4 is 28.5 Å². The van der Waals surface area contributed by atoms with Crippen molar-refractivity contribution in [3.05, 3.63) is 64.9 Å². The SMILES string of the molecule is Cn1c(CN2CCN(C(=O)c3ccccc3Cl)CC2)nc2ccccc21. The minimum absolute atomic E-state index is 0.0120. The van der Waals surface area contributed by atoms with Crippen molar-refractivity contribution < 1.29 is 4.79 Å². The minimum Gasteiger partial charge on any atom is -0.336 e. The maximum Gasteiger partial charge on any atom is 0.255 e. The summed E-state index contributed by atoms with van der Waals surface area (Å²) in [6.07, 6.45) is 0. The number of carbonyl (C=O) groups excluding carboxylic acids is 1. The van der Waals surface area contributed by atoms with Gasteiger partial charge in [-0.15, -0.1) is 0 Å². The van der Waals surface area contributed by atoms with Gasteiger partial charge < -0.3 is 9.47 Å². The van der Waals surface area contributed by atoms with E-state index in [-0.39, 0.29) is 5.91 Å². The molecule has 1 fully saturated rings. The van der Waals surface area contributed by atoms with Crippen LogP contribution in [0.2, 0.25) is 5.02 Å². The Labute approximate surface area is 157 Å². The highest BCUT2D eigenvalue weighted by Gasteiger charge is 2.24. The van der Waals surface area contributed by atoms with Crippen molar-refractivity contribution in [3.63, 3.8) is 0 Å². The van der Waals surface area contributed by atoms with E-state index in [1.807, 2.05) is 35.2 Å². The summed E-state index contributed by atoms with van der Waals surface area (Å²) in [6.45, 7) is 3.86. The van der Waals surface area contributed by atoms with E-state index in [0.717, 1.165) is 36.5 Å². The van der Waals surface area contributed by atoms with Gasteiger partial charge in [-0.25, -0.2) is 4.98 Å². The standard InChI is InChI=1S/C20H21ClN4O/c1-23-18-9-5-4-8-17(18)22-19(23)14-24-10-12-25(13-11-24)20(26)15-6-2-3-7-16(15)21/h2-9H,10-14H2,1H3. The van der Waals surface area contributed by atoms with E-state index >= 15 is 0 Å². The molecule has 4 rings (SSSR count). The Hall–Kier alpha value is -2.37. The van der Waals surface area contributed by atoms with Gasteiger partial charge in [0.2, 0.25) is 0 Å². The zero-order valence-corrected chi connectivity index (χ0v) is 15.5. The molecule has 26 heavy (non-hydrogen) atoms. The van der Waals surface area contributed by atoms with Crippen LogP contribution in [0.1, 0.15) is 16.2 Å². The third-order valence-electron chi connectivity index (χ3n) is 5.01. The van der Waals surface area contributed by atoms with E-state index in [2.05, 4.69) is 22.6 Å². The molecule has 0 radical (unpaired) electrons. The van der Waals surface area contributed by atoms with E-state index < -0.39 is 0 Å². The fourth-order valence-corrected chi connectivity index (χ4v) is 3.67. The number of hydrogen-bond acceptors (Lipinski definition) is 3. The zero-order chi connectivity index (χ0) is 18.1. The fourth-order valence-electron chi connectivity index (χ4n) is 3.45. The molecule has 1 amide bonds. The maximum atomic E-state index is 12.7. The van der Waals surface area contributed by atoms with E-state index in [1.165, 1.54) is 0 Å². The van der Waals surface area contributed by atoms with Crippen LogP contribution in [0.5, 0.6) is 0 Å². The number of rotatable bonds is 3. The first-order valence-electron chi connectivity index (χ1n) is 8.80. The predicted molar refractivity (Wildman–Crippen MR) is 103 cm³/mol. The van der Waals surface area contributed by atoms with Crippen LogP contribution in [0.15, 0.2) is 48.5 Å². The van der Waals surface area contributed by atoms with Crippen molar-refractivity contribution in [2.75, 3.05) is 26.2 Å². The van der Waals surface area contributed by atoms with Gasteiger partial charge in [0.15, 0.2) is 0 Å². The highest BCUT2D eigenvalue weighted by Crippen LogP contribution is 2.19. The van der Waals surface area contributed by atoms with Gasteiger partial charge in [-0.3, -0.25) is 9.69 Å². The number of hydrogen-bond donors (Lipinski definition) is 0. The van der Waals surface area contributed by atoms with Crippen LogP contribution in [0, 0.1) is 0 Å². The first-order valence-corrected chi connectivity index (χ1v) is 9.18. The molecule has 0 N–H and O–H groups in total. The van der Waals surface area contributed by atoms with Crippen LogP contribution in [0.4, 0.5) is 0 Å². The van der Waals surface area contributed by atoms with Crippen LogP contribution < -0.4 is 0 Å². The maximum absolute atomic E-state index is 12.7. The second-order valence-electron chi connectivity index (χ2n) is 6.62. The van der Waals surface area contributed by atoms with Crippen molar-refractivity contribution in [2.45, 2.75) is 6.54 Å². The van der Waals surface area contributed by atoms with Crippen molar-refractivity contribution in [3.8, 4) is 0 Å². The van der Waals surface area contributed by atoms with Crippen molar-refractivity contribution in [1.29, 1.82) is 0 Å². The van der Waals surface area contributed by atoms with Gasteiger partial charge in [-0.1, -0.05) is 35.9 Å². The highest BCUT2D eigenvalue weighted by atomic mass is 35.5. The lowest BCUT2D eigenvalue weighted by Gasteiger charge is -2.34. The molecule has 3 aromatic rings. The van der Waals surface area contributed by atoms with E-state index in [9.17, 15) is 4.79 Å². The number of imidazole rings is 1. The van der Waals surface area contributed by atoms with Crippen LogP contribution >= 0.6 is 11.6 Å². The summed E-state index contributed by atoms with van der Waals surface area (Å²) in [7, 11) is 2.06. The van der Waals surface area contributed by atoms with Gasteiger partial charge in [-0.05, 0) is 24.3 Å². The number of piperazine rings is 1. The Bertz CT molecular complexity index is 944. The molecule has 0 bridgehead atoms. The second-order valence-corrected chi connectivity index (χ2v) is 7.03. The Morgan fingerprint density at radius 3 is 2.46 bits per heavy atom. The molecule has 1 saturated heterocycles. The number of halogens is 1. The number of fused-ring (bicyclic) bond motifs is 1. The molecule has 0 aliphatic carbocycles. The molecule has 5 nitrogen and oxygen atoms in total. The molecule has 0 saturated carbocycles. The average Bonchev–Trinajstić information content (AvgIpc) is 2.98. The molecule has 1 aliphatic heterocycles. The molecule has 1 aliphatic rings. The lowest BCUT2D eigenvalue weighted by atomic mass is 10.2. The number of nitrogens with zero attached hydrogens (tertiary/aromatic N) is 4. The number of amides is 1. The van der Waals surface area contributed by atoms with Crippen molar-refractivity contribution in [1.82, 2.24) is 19.4 Å². The predicted octanol–water partition coefficient (Wildman–Crippen LogP) is 3.18. The van der Waals surface area contributed by atoms with Crippen LogP contribution in [0.3, 0.4) is 0 Å². The van der Waals surface area contributed by atoms with Crippen LogP contribution in [-0.2, 0) is 13.6 Å². The zero-order valence-electron chi connectivity index (χ0n) is 14.7. The quantitative estimate of drug-likeness (QED) is 0.713. The smallest absolute Gasteiger partial charge is 0.255 e. The number of para-hydroxylation sites is 2. The van der Waals surface area contributed by atoms with Gasteiger partial charge in [0.1, 0.15) is 5.82 Å². The largest absolute Gasteiger partial charge is 0.336 e. The van der Waals surface area contributed by atoms with Gasteiger partial charge in [0, 0.05) is 33.2 Å². The van der Waals surface area contributed by atoms with E-state index in [1.54, 1.807) is 12.1 Å². The van der Waals surface area contributed by atoms with Gasteiger partial charge in [-0.2, -0.15) is 0 Å². The summed E-state index contributed by atoms with van der Waals surface area (Å²) in [5, 5.41) is 0.514. The number of benzene rings is 2. The Balaban J connectivity index is 1.41. The van der Waals surface area contributed by atoms with E-state index in [0.29, 0.717) is 23.7 Å². The molecular formula is C20H21ClN4O. The molecular weight excluding hydrogens is 348 g/mol. The molecule has 2 aromatic carbocycles. The fraction of sp³-hybridized carbons (Fsp3) is 0.300. The third-order valence-corrected chi connectivity index (χ3v) is 5.34. The summed E-state index contributed by atoms with van der Waals surface area (Å²) >= 11 is 6.16. The molecule has 134 valence electrons. The number of aromatic nitrogens is 2. The second kappa shape index (κ2) is 7.09. The normalized spacial score (nSPS) is 15.5. The Morgan fingerprint density at radius 2 is 1.73 bits per heavy atom. The van der Waals surface area contributed by atoms with Gasteiger partial charge in [0.25, 0.3) is 5.91 Å². The summed E-state index contributed by atoms with van der Waals surface area (Å²) in [5.74, 6) is 1.06. The average molecular weight is 369 g/mol. The lowest BCUT2D eigenvalue weighted by molar-refractivity contribution is 0.0624. The van der Waals surface area contributed by atoms with E-state index in [4.69, 9.17) is 16.6 Å². The number of aryl methyl sites for hydroxylation is 1. The first kappa shape index (κ1) is 17.1. The molecule has 0 atom stereocenters. The first-order chi connectivity index (χ1) is 12.6. The molecule has 0 unspecified atom stereocenters. The van der Waals surface area contributed by atoms with Gasteiger partial charge in [0.05, 0.1) is 28.2 Å². The summed E-state index contributed by atoms with van der Waals surface area (Å²) in [6, 6.07) is 15.4. The molecule has 1 aromatic heterocycles. The minimum atomic E-state index is 0.0120. The topological polar surface area (TPSA) is 41.4 Å². The van der Waals surface area contributed by atoms with Crippen molar-refractivity contribution in [2.24, 2.45) is 7.05 Å². The number of carbonyl (C=O) groups is 1. The Kier molecular flexibility index (Phi) is 4.66. The van der Waals surface area contributed by atoms with Crippen LogP contribution in [0.25, 0.3) is 11.0 Å². The summed E-state index contributed by atoms with van der Waals surface area (Å²) in [5.41, 5.74) is 2.76. The lowest BCUT2D eigenvalue weighted by Crippen LogP contribution is -2.48. The Morgan fingerprint density at radius 1 is 1.04 bits per heavy atom. The van der Waals surface area contributed by atoms with Crippen LogP contribution in [-0.4, -0.2) is 51.4 Å². The third kappa shape index (κ3) is 3.20. The molecule has 0 spiro atoms. The summed E-state index contributed by atoms with van der Waals surface area (Å²) in [4.78, 5) is 21.6. The molecule has 6 heteroatoms. The molecule has 2 heterocycles. The summed E-state index contributed by atoms with van der Waals surface area (Å²) < 4.78 is 2.15. The van der Waals surface area contributed by atoms with Gasteiger partial charge >= 0.3 is 0 Å².